The normalized spacial score (nSPS) is 14.4. The molecule has 3 nitrogen and oxygen atoms in total. The van der Waals surface area contributed by atoms with Gasteiger partial charge in [0.1, 0.15) is 11.6 Å². The number of anilines is 2. The van der Waals surface area contributed by atoms with Crippen LogP contribution >= 0.6 is 0 Å². The van der Waals surface area contributed by atoms with Gasteiger partial charge in [0.2, 0.25) is 0 Å². The Morgan fingerprint density at radius 2 is 1.73 bits per heavy atom. The number of allylic oxidation sites excluding steroid dienone is 1. The number of benzene rings is 3. The number of nitrogens with one attached hydrogen (secondary N) is 2. The number of methoxy groups -OCH3 is 1. The van der Waals surface area contributed by atoms with Crippen molar-refractivity contribution in [1.82, 2.24) is 0 Å². The molecule has 0 spiro atoms. The lowest BCUT2D eigenvalue weighted by atomic mass is 9.85. The Morgan fingerprint density at radius 3 is 2.47 bits per heavy atom. The predicted molar refractivity (Wildman–Crippen MR) is 124 cm³/mol. The standard InChI is InChI=1S/C26H27FN2O/c1-17-15-26(2,3)29-23-13-12-20(21-11-10-18(27)14-24(21)30-4)22(25(17)23)16-28-19-8-6-5-7-9-19/h5-15,28-29H,16H2,1-4H3. The van der Waals surface area contributed by atoms with E-state index in [0.717, 1.165) is 28.1 Å². The number of hydrogen-bond donors (Lipinski definition) is 2. The van der Waals surface area contributed by atoms with Crippen molar-refractivity contribution >= 4 is 16.9 Å². The van der Waals surface area contributed by atoms with Crippen LogP contribution in [0.15, 0.2) is 66.7 Å². The third-order valence-electron chi connectivity index (χ3n) is 5.44. The molecule has 0 aromatic heterocycles. The van der Waals surface area contributed by atoms with Crippen LogP contribution in [0.2, 0.25) is 0 Å². The van der Waals surface area contributed by atoms with E-state index in [4.69, 9.17) is 4.74 Å². The van der Waals surface area contributed by atoms with Gasteiger partial charge >= 0.3 is 0 Å². The van der Waals surface area contributed by atoms with E-state index in [0.29, 0.717) is 12.3 Å². The summed E-state index contributed by atoms with van der Waals surface area (Å²) in [6.07, 6.45) is 2.26. The molecule has 0 saturated heterocycles. The molecule has 0 aliphatic carbocycles. The predicted octanol–water partition coefficient (Wildman–Crippen LogP) is 6.72. The number of rotatable bonds is 5. The van der Waals surface area contributed by atoms with Crippen molar-refractivity contribution in [2.24, 2.45) is 0 Å². The fourth-order valence-electron chi connectivity index (χ4n) is 4.27. The summed E-state index contributed by atoms with van der Waals surface area (Å²) in [5, 5.41) is 7.17. The zero-order valence-corrected chi connectivity index (χ0v) is 17.8. The van der Waals surface area contributed by atoms with Crippen LogP contribution in [-0.4, -0.2) is 12.6 Å². The maximum absolute atomic E-state index is 13.8. The summed E-state index contributed by atoms with van der Waals surface area (Å²) in [6, 6.07) is 19.1. The largest absolute Gasteiger partial charge is 0.496 e. The number of para-hydroxylation sites is 1. The zero-order valence-electron chi connectivity index (χ0n) is 17.8. The Balaban J connectivity index is 1.87. The van der Waals surface area contributed by atoms with Gasteiger partial charge < -0.3 is 15.4 Å². The van der Waals surface area contributed by atoms with E-state index >= 15 is 0 Å². The molecule has 0 atom stereocenters. The quantitative estimate of drug-likeness (QED) is 0.497. The van der Waals surface area contributed by atoms with Gasteiger partial charge in [0.15, 0.2) is 0 Å². The molecule has 2 N–H and O–H groups in total. The van der Waals surface area contributed by atoms with Crippen LogP contribution < -0.4 is 15.4 Å². The molecule has 1 aliphatic heterocycles. The Morgan fingerprint density at radius 1 is 1.00 bits per heavy atom. The third kappa shape index (κ3) is 3.90. The van der Waals surface area contributed by atoms with Crippen molar-refractivity contribution in [3.8, 4) is 16.9 Å². The van der Waals surface area contributed by atoms with Crippen LogP contribution in [0.1, 0.15) is 31.9 Å². The molecule has 0 amide bonds. The third-order valence-corrected chi connectivity index (χ3v) is 5.44. The average Bonchev–Trinajstić information content (AvgIpc) is 2.71. The van der Waals surface area contributed by atoms with Crippen LogP contribution in [0.25, 0.3) is 16.7 Å². The number of hydrogen-bond acceptors (Lipinski definition) is 3. The van der Waals surface area contributed by atoms with Crippen LogP contribution in [-0.2, 0) is 6.54 Å². The fourth-order valence-corrected chi connectivity index (χ4v) is 4.27. The van der Waals surface area contributed by atoms with Gasteiger partial charge in [-0.1, -0.05) is 30.3 Å². The first kappa shape index (κ1) is 20.0. The molecule has 1 heterocycles. The van der Waals surface area contributed by atoms with Gasteiger partial charge in [0, 0.05) is 35.1 Å². The highest BCUT2D eigenvalue weighted by atomic mass is 19.1. The highest BCUT2D eigenvalue weighted by Gasteiger charge is 2.26. The van der Waals surface area contributed by atoms with E-state index in [9.17, 15) is 4.39 Å². The number of ether oxygens (including phenoxy) is 1. The summed E-state index contributed by atoms with van der Waals surface area (Å²) >= 11 is 0. The zero-order chi connectivity index (χ0) is 21.3. The molecule has 0 unspecified atom stereocenters. The molecule has 3 aromatic rings. The fraction of sp³-hybridized carbons (Fsp3) is 0.231. The highest BCUT2D eigenvalue weighted by Crippen LogP contribution is 2.42. The van der Waals surface area contributed by atoms with Crippen molar-refractivity contribution in [1.29, 1.82) is 0 Å². The van der Waals surface area contributed by atoms with Crippen molar-refractivity contribution in [2.75, 3.05) is 17.7 Å². The van der Waals surface area contributed by atoms with Gasteiger partial charge in [-0.2, -0.15) is 0 Å². The molecule has 0 radical (unpaired) electrons. The highest BCUT2D eigenvalue weighted by molar-refractivity contribution is 5.88. The van der Waals surface area contributed by atoms with Crippen molar-refractivity contribution < 1.29 is 9.13 Å². The second-order valence-corrected chi connectivity index (χ2v) is 8.25. The minimum absolute atomic E-state index is 0.115. The smallest absolute Gasteiger partial charge is 0.129 e. The van der Waals surface area contributed by atoms with Gasteiger partial charge in [0.05, 0.1) is 12.6 Å². The van der Waals surface area contributed by atoms with E-state index in [-0.39, 0.29) is 11.4 Å². The second-order valence-electron chi connectivity index (χ2n) is 8.25. The lowest BCUT2D eigenvalue weighted by molar-refractivity contribution is 0.413. The molecule has 3 aromatic carbocycles. The van der Waals surface area contributed by atoms with Crippen LogP contribution in [0, 0.1) is 5.82 Å². The lowest BCUT2D eigenvalue weighted by Crippen LogP contribution is -2.32. The van der Waals surface area contributed by atoms with E-state index in [1.165, 1.54) is 23.3 Å². The lowest BCUT2D eigenvalue weighted by Gasteiger charge is -2.33. The Labute approximate surface area is 177 Å². The second kappa shape index (κ2) is 7.86. The molecule has 0 fully saturated rings. The minimum Gasteiger partial charge on any atom is -0.496 e. The summed E-state index contributed by atoms with van der Waals surface area (Å²) in [5.74, 6) is 0.221. The van der Waals surface area contributed by atoms with Gasteiger partial charge in [-0.25, -0.2) is 4.39 Å². The Hall–Kier alpha value is -3.27. The van der Waals surface area contributed by atoms with Gasteiger partial charge in [-0.15, -0.1) is 0 Å². The van der Waals surface area contributed by atoms with Gasteiger partial charge in [0.25, 0.3) is 0 Å². The number of fused-ring (bicyclic) bond motifs is 1. The van der Waals surface area contributed by atoms with Crippen LogP contribution in [0.3, 0.4) is 0 Å². The van der Waals surface area contributed by atoms with Crippen molar-refractivity contribution in [3.63, 3.8) is 0 Å². The summed E-state index contributed by atoms with van der Waals surface area (Å²) in [5.41, 5.74) is 7.51. The molecule has 30 heavy (non-hydrogen) atoms. The summed E-state index contributed by atoms with van der Waals surface area (Å²) in [7, 11) is 1.58. The van der Waals surface area contributed by atoms with Crippen molar-refractivity contribution in [2.45, 2.75) is 32.9 Å². The molecule has 0 bridgehead atoms. The molecular formula is C26H27FN2O. The summed E-state index contributed by atoms with van der Waals surface area (Å²) < 4.78 is 19.3. The maximum Gasteiger partial charge on any atom is 0.129 e. The Kier molecular flexibility index (Phi) is 5.25. The van der Waals surface area contributed by atoms with Crippen LogP contribution in [0.5, 0.6) is 5.75 Å². The topological polar surface area (TPSA) is 33.3 Å². The first-order valence-electron chi connectivity index (χ1n) is 10.1. The molecular weight excluding hydrogens is 375 g/mol. The van der Waals surface area contributed by atoms with Gasteiger partial charge in [-0.3, -0.25) is 0 Å². The van der Waals surface area contributed by atoms with E-state index in [1.807, 2.05) is 18.2 Å². The first-order valence-corrected chi connectivity index (χ1v) is 10.1. The molecule has 0 saturated carbocycles. The monoisotopic (exact) mass is 402 g/mol. The SMILES string of the molecule is COc1cc(F)ccc1-c1ccc2c(c1CNc1ccccc1)C(C)=CC(C)(C)N2. The van der Waals surface area contributed by atoms with E-state index < -0.39 is 0 Å². The molecule has 4 rings (SSSR count). The molecule has 4 heteroatoms. The van der Waals surface area contributed by atoms with Crippen LogP contribution in [0.4, 0.5) is 15.8 Å². The molecule has 1 aliphatic rings. The molecule has 154 valence electrons. The first-order chi connectivity index (χ1) is 14.4. The van der Waals surface area contributed by atoms with Gasteiger partial charge in [-0.05, 0) is 67.8 Å². The van der Waals surface area contributed by atoms with E-state index in [1.54, 1.807) is 13.2 Å². The summed E-state index contributed by atoms with van der Waals surface area (Å²) in [4.78, 5) is 0. The maximum atomic E-state index is 13.8. The Bertz CT molecular complexity index is 1100. The van der Waals surface area contributed by atoms with E-state index in [2.05, 4.69) is 61.7 Å². The van der Waals surface area contributed by atoms with Crippen molar-refractivity contribution in [3.05, 3.63) is 83.7 Å². The number of halogens is 1. The minimum atomic E-state index is -0.308. The summed E-state index contributed by atoms with van der Waals surface area (Å²) in [6.45, 7) is 7.12. The average molecular weight is 403 g/mol.